The maximum Gasteiger partial charge on any atom is 0.338 e. The number of benzene rings is 2. The summed E-state index contributed by atoms with van der Waals surface area (Å²) < 4.78 is 15.8. The average Bonchev–Trinajstić information content (AvgIpc) is 2.51. The van der Waals surface area contributed by atoms with Crippen LogP contribution >= 0.6 is 0 Å². The third-order valence-corrected chi connectivity index (χ3v) is 2.92. The van der Waals surface area contributed by atoms with Gasteiger partial charge in [-0.25, -0.2) is 4.79 Å². The van der Waals surface area contributed by atoms with Gasteiger partial charge in [-0.3, -0.25) is 0 Å². The zero-order chi connectivity index (χ0) is 16.9. The minimum atomic E-state index is -1.37. The summed E-state index contributed by atoms with van der Waals surface area (Å²) in [5.74, 6) is -1.10. The fourth-order valence-electron chi connectivity index (χ4n) is 1.98. The van der Waals surface area contributed by atoms with E-state index in [1.165, 1.54) is 27.0 Å². The van der Waals surface area contributed by atoms with Crippen molar-refractivity contribution in [3.05, 3.63) is 59.7 Å². The molecule has 2 rings (SSSR count). The minimum Gasteiger partial charge on any atom is -0.489 e. The van der Waals surface area contributed by atoms with Crippen molar-refractivity contribution in [3.63, 3.8) is 0 Å². The molecule has 2 aromatic rings. The Kier molecular flexibility index (Phi) is 5.24. The smallest absolute Gasteiger partial charge is 0.338 e. The SMILES string of the molecule is COC(=O)c1cc(OCc2ccccc2)cc(OC(C)(C)O)c1. The van der Waals surface area contributed by atoms with Crippen LogP contribution in [0.3, 0.4) is 0 Å². The van der Waals surface area contributed by atoms with Crippen LogP contribution in [0.2, 0.25) is 0 Å². The quantitative estimate of drug-likeness (QED) is 0.655. The van der Waals surface area contributed by atoms with Crippen molar-refractivity contribution in [2.24, 2.45) is 0 Å². The standard InChI is InChI=1S/C18H20O5/c1-18(2,20)23-16-10-14(17(19)21-3)9-15(11-16)22-12-13-7-5-4-6-8-13/h4-11,20H,12H2,1-3H3. The van der Waals surface area contributed by atoms with Crippen LogP contribution in [0.15, 0.2) is 48.5 Å². The summed E-state index contributed by atoms with van der Waals surface area (Å²) >= 11 is 0. The van der Waals surface area contributed by atoms with E-state index in [1.807, 2.05) is 30.3 Å². The van der Waals surface area contributed by atoms with E-state index in [2.05, 4.69) is 0 Å². The maximum atomic E-state index is 11.8. The molecule has 0 saturated carbocycles. The van der Waals surface area contributed by atoms with E-state index in [4.69, 9.17) is 14.2 Å². The third kappa shape index (κ3) is 5.30. The van der Waals surface area contributed by atoms with Crippen LogP contribution in [-0.4, -0.2) is 24.0 Å². The number of aliphatic hydroxyl groups is 1. The molecule has 23 heavy (non-hydrogen) atoms. The van der Waals surface area contributed by atoms with Gasteiger partial charge in [0.25, 0.3) is 0 Å². The average molecular weight is 316 g/mol. The first-order chi connectivity index (χ1) is 10.9. The van der Waals surface area contributed by atoms with Crippen molar-refractivity contribution in [1.82, 2.24) is 0 Å². The Bertz CT molecular complexity index is 659. The van der Waals surface area contributed by atoms with Crippen molar-refractivity contribution in [2.75, 3.05) is 7.11 Å². The molecule has 0 aromatic heterocycles. The number of carbonyl (C=O) groups is 1. The van der Waals surface area contributed by atoms with Gasteiger partial charge in [-0.15, -0.1) is 0 Å². The number of hydrogen-bond donors (Lipinski definition) is 1. The predicted molar refractivity (Wildman–Crippen MR) is 85.5 cm³/mol. The first-order valence-corrected chi connectivity index (χ1v) is 7.19. The van der Waals surface area contributed by atoms with Gasteiger partial charge in [0.05, 0.1) is 12.7 Å². The molecule has 0 aliphatic rings. The molecule has 0 aliphatic carbocycles. The van der Waals surface area contributed by atoms with E-state index in [9.17, 15) is 9.90 Å². The monoisotopic (exact) mass is 316 g/mol. The lowest BCUT2D eigenvalue weighted by atomic mass is 10.2. The Hall–Kier alpha value is -2.53. The molecular formula is C18H20O5. The number of methoxy groups -OCH3 is 1. The molecule has 5 heteroatoms. The van der Waals surface area contributed by atoms with Crippen LogP contribution in [0.25, 0.3) is 0 Å². The van der Waals surface area contributed by atoms with E-state index in [0.717, 1.165) is 5.56 Å². The summed E-state index contributed by atoms with van der Waals surface area (Å²) in [5, 5.41) is 9.78. The highest BCUT2D eigenvalue weighted by Crippen LogP contribution is 2.26. The second kappa shape index (κ2) is 7.15. The molecule has 0 saturated heterocycles. The summed E-state index contributed by atoms with van der Waals surface area (Å²) in [4.78, 5) is 11.8. The molecule has 0 atom stereocenters. The van der Waals surface area contributed by atoms with E-state index in [0.29, 0.717) is 18.1 Å². The Morgan fingerprint density at radius 3 is 2.35 bits per heavy atom. The number of carbonyl (C=O) groups excluding carboxylic acids is 1. The summed E-state index contributed by atoms with van der Waals surface area (Å²) in [6.45, 7) is 3.36. The molecule has 0 amide bonds. The molecule has 1 N–H and O–H groups in total. The van der Waals surface area contributed by atoms with E-state index in [-0.39, 0.29) is 5.56 Å². The largest absolute Gasteiger partial charge is 0.489 e. The number of esters is 1. The van der Waals surface area contributed by atoms with Crippen molar-refractivity contribution >= 4 is 5.97 Å². The summed E-state index contributed by atoms with van der Waals surface area (Å²) in [6, 6.07) is 14.4. The molecular weight excluding hydrogens is 296 g/mol. The van der Waals surface area contributed by atoms with Gasteiger partial charge in [-0.05, 0) is 17.7 Å². The Morgan fingerprint density at radius 1 is 1.09 bits per heavy atom. The highest BCUT2D eigenvalue weighted by atomic mass is 16.6. The fraction of sp³-hybridized carbons (Fsp3) is 0.278. The van der Waals surface area contributed by atoms with Crippen LogP contribution in [-0.2, 0) is 11.3 Å². The second-order valence-electron chi connectivity index (χ2n) is 5.51. The zero-order valence-electron chi connectivity index (χ0n) is 13.4. The van der Waals surface area contributed by atoms with Gasteiger partial charge in [0.2, 0.25) is 5.79 Å². The molecule has 122 valence electrons. The molecule has 5 nitrogen and oxygen atoms in total. The van der Waals surface area contributed by atoms with Gasteiger partial charge in [0, 0.05) is 19.9 Å². The lowest BCUT2D eigenvalue weighted by Crippen LogP contribution is -2.27. The summed E-state index contributed by atoms with van der Waals surface area (Å²) in [7, 11) is 1.30. The van der Waals surface area contributed by atoms with Gasteiger partial charge in [0.1, 0.15) is 18.1 Å². The molecule has 0 spiro atoms. The second-order valence-corrected chi connectivity index (χ2v) is 5.51. The molecule has 0 radical (unpaired) electrons. The van der Waals surface area contributed by atoms with Crippen molar-refractivity contribution in [3.8, 4) is 11.5 Å². The van der Waals surface area contributed by atoms with Crippen LogP contribution in [0.4, 0.5) is 0 Å². The molecule has 0 aliphatic heterocycles. The van der Waals surface area contributed by atoms with Gasteiger partial charge in [-0.1, -0.05) is 30.3 Å². The molecule has 0 fully saturated rings. The molecule has 0 bridgehead atoms. The first kappa shape index (κ1) is 16.8. The third-order valence-electron chi connectivity index (χ3n) is 2.92. The lowest BCUT2D eigenvalue weighted by Gasteiger charge is -2.20. The molecule has 0 unspecified atom stereocenters. The molecule has 0 heterocycles. The maximum absolute atomic E-state index is 11.8. The Morgan fingerprint density at radius 2 is 1.74 bits per heavy atom. The van der Waals surface area contributed by atoms with Crippen LogP contribution in [0.5, 0.6) is 11.5 Å². The molecule has 2 aromatic carbocycles. The van der Waals surface area contributed by atoms with Crippen molar-refractivity contribution in [2.45, 2.75) is 26.2 Å². The number of hydrogen-bond acceptors (Lipinski definition) is 5. The van der Waals surface area contributed by atoms with Crippen LogP contribution in [0, 0.1) is 0 Å². The fourth-order valence-corrected chi connectivity index (χ4v) is 1.98. The topological polar surface area (TPSA) is 65.0 Å². The Balaban J connectivity index is 2.23. The Labute approximate surface area is 135 Å². The minimum absolute atomic E-state index is 0.289. The van der Waals surface area contributed by atoms with Crippen molar-refractivity contribution < 1.29 is 24.1 Å². The normalized spacial score (nSPS) is 11.0. The van der Waals surface area contributed by atoms with Gasteiger partial charge in [0.15, 0.2) is 0 Å². The van der Waals surface area contributed by atoms with E-state index >= 15 is 0 Å². The van der Waals surface area contributed by atoms with Gasteiger partial charge < -0.3 is 19.3 Å². The summed E-state index contributed by atoms with van der Waals surface area (Å²) in [5.41, 5.74) is 1.29. The number of ether oxygens (including phenoxy) is 3. The van der Waals surface area contributed by atoms with Crippen LogP contribution in [0.1, 0.15) is 29.8 Å². The van der Waals surface area contributed by atoms with E-state index in [1.54, 1.807) is 12.1 Å². The lowest BCUT2D eigenvalue weighted by molar-refractivity contribution is -0.104. The highest BCUT2D eigenvalue weighted by molar-refractivity contribution is 5.90. The highest BCUT2D eigenvalue weighted by Gasteiger charge is 2.17. The first-order valence-electron chi connectivity index (χ1n) is 7.19. The zero-order valence-corrected chi connectivity index (χ0v) is 13.4. The summed E-state index contributed by atoms with van der Waals surface area (Å²) in [6.07, 6.45) is 0. The number of rotatable bonds is 6. The van der Waals surface area contributed by atoms with Crippen molar-refractivity contribution in [1.29, 1.82) is 0 Å². The predicted octanol–water partition coefficient (Wildman–Crippen LogP) is 3.16. The van der Waals surface area contributed by atoms with Gasteiger partial charge >= 0.3 is 5.97 Å². The van der Waals surface area contributed by atoms with Crippen LogP contribution < -0.4 is 9.47 Å². The van der Waals surface area contributed by atoms with E-state index < -0.39 is 11.8 Å². The van der Waals surface area contributed by atoms with Gasteiger partial charge in [-0.2, -0.15) is 0 Å².